The van der Waals surface area contributed by atoms with E-state index in [0.717, 1.165) is 0 Å². The van der Waals surface area contributed by atoms with E-state index < -0.39 is 0 Å². The number of rotatable bonds is 2. The molecule has 0 unspecified atom stereocenters. The summed E-state index contributed by atoms with van der Waals surface area (Å²) >= 11 is 6.07. The number of phenols is 1. The van der Waals surface area contributed by atoms with Gasteiger partial charge in [0.1, 0.15) is 5.75 Å². The van der Waals surface area contributed by atoms with E-state index in [0.29, 0.717) is 27.9 Å². The van der Waals surface area contributed by atoms with Gasteiger partial charge in [-0.25, -0.2) is 0 Å². The first-order chi connectivity index (χ1) is 9.24. The zero-order valence-corrected chi connectivity index (χ0v) is 10.5. The SMILES string of the molecule is Oc1cccc(-c2nnc(-c3ccccc3Cl)o2)c1. The van der Waals surface area contributed by atoms with Crippen LogP contribution >= 0.6 is 11.6 Å². The molecule has 0 amide bonds. The number of hydrogen-bond acceptors (Lipinski definition) is 4. The monoisotopic (exact) mass is 272 g/mol. The second kappa shape index (κ2) is 4.74. The summed E-state index contributed by atoms with van der Waals surface area (Å²) in [5, 5.41) is 17.9. The molecule has 0 aliphatic rings. The van der Waals surface area contributed by atoms with E-state index in [-0.39, 0.29) is 5.75 Å². The smallest absolute Gasteiger partial charge is 0.249 e. The molecule has 1 aromatic heterocycles. The van der Waals surface area contributed by atoms with Gasteiger partial charge in [0.25, 0.3) is 0 Å². The zero-order chi connectivity index (χ0) is 13.2. The molecule has 94 valence electrons. The number of aromatic hydroxyl groups is 1. The molecule has 1 N–H and O–H groups in total. The first-order valence-electron chi connectivity index (χ1n) is 5.62. The maximum Gasteiger partial charge on any atom is 0.249 e. The summed E-state index contributed by atoms with van der Waals surface area (Å²) in [5.74, 6) is 0.838. The summed E-state index contributed by atoms with van der Waals surface area (Å²) in [6.07, 6.45) is 0. The number of halogens is 1. The van der Waals surface area contributed by atoms with E-state index in [1.54, 1.807) is 30.3 Å². The van der Waals surface area contributed by atoms with Gasteiger partial charge < -0.3 is 9.52 Å². The average molecular weight is 273 g/mol. The van der Waals surface area contributed by atoms with Crippen LogP contribution < -0.4 is 0 Å². The number of hydrogen-bond donors (Lipinski definition) is 1. The van der Waals surface area contributed by atoms with Crippen molar-refractivity contribution in [3.63, 3.8) is 0 Å². The van der Waals surface area contributed by atoms with Crippen LogP contribution in [0.5, 0.6) is 5.75 Å². The molecule has 0 fully saturated rings. The quantitative estimate of drug-likeness (QED) is 0.771. The van der Waals surface area contributed by atoms with Crippen LogP contribution in [-0.4, -0.2) is 15.3 Å². The lowest BCUT2D eigenvalue weighted by atomic mass is 10.2. The molecule has 0 aliphatic carbocycles. The van der Waals surface area contributed by atoms with Crippen molar-refractivity contribution in [3.05, 3.63) is 53.6 Å². The molecule has 0 atom stereocenters. The van der Waals surface area contributed by atoms with E-state index in [1.807, 2.05) is 18.2 Å². The Kier molecular flexibility index (Phi) is 2.93. The molecule has 3 aromatic rings. The van der Waals surface area contributed by atoms with Crippen molar-refractivity contribution in [3.8, 4) is 28.7 Å². The minimum Gasteiger partial charge on any atom is -0.508 e. The van der Waals surface area contributed by atoms with Crippen molar-refractivity contribution < 1.29 is 9.52 Å². The predicted molar refractivity (Wildman–Crippen MR) is 71.8 cm³/mol. The number of benzene rings is 2. The fraction of sp³-hybridized carbons (Fsp3) is 0. The van der Waals surface area contributed by atoms with Gasteiger partial charge in [-0.15, -0.1) is 10.2 Å². The molecular weight excluding hydrogens is 264 g/mol. The molecule has 1 heterocycles. The van der Waals surface area contributed by atoms with Gasteiger partial charge in [-0.2, -0.15) is 0 Å². The van der Waals surface area contributed by atoms with Crippen LogP contribution in [0.2, 0.25) is 5.02 Å². The Bertz CT molecular complexity index is 725. The second-order valence-electron chi connectivity index (χ2n) is 3.94. The fourth-order valence-corrected chi connectivity index (χ4v) is 1.94. The van der Waals surface area contributed by atoms with Crippen LogP contribution in [0.25, 0.3) is 22.9 Å². The van der Waals surface area contributed by atoms with Crippen LogP contribution in [-0.2, 0) is 0 Å². The minimum absolute atomic E-state index is 0.148. The van der Waals surface area contributed by atoms with Gasteiger partial charge in [0.2, 0.25) is 11.8 Å². The first kappa shape index (κ1) is 11.7. The van der Waals surface area contributed by atoms with Crippen molar-refractivity contribution in [2.45, 2.75) is 0 Å². The van der Waals surface area contributed by atoms with Gasteiger partial charge in [-0.1, -0.05) is 29.8 Å². The molecular formula is C14H9ClN2O2. The number of nitrogens with zero attached hydrogens (tertiary/aromatic N) is 2. The van der Waals surface area contributed by atoms with Crippen LogP contribution in [0, 0.1) is 0 Å². The Labute approximate surface area is 114 Å². The van der Waals surface area contributed by atoms with E-state index in [9.17, 15) is 5.11 Å². The number of phenolic OH excluding ortho intramolecular Hbond substituents is 1. The molecule has 0 saturated heterocycles. The third-order valence-corrected chi connectivity index (χ3v) is 2.95. The lowest BCUT2D eigenvalue weighted by molar-refractivity contribution is 0.475. The Hall–Kier alpha value is -2.33. The average Bonchev–Trinajstić information content (AvgIpc) is 2.89. The highest BCUT2D eigenvalue weighted by Crippen LogP contribution is 2.29. The predicted octanol–water partition coefficient (Wildman–Crippen LogP) is 3.76. The van der Waals surface area contributed by atoms with E-state index in [2.05, 4.69) is 10.2 Å². The third-order valence-electron chi connectivity index (χ3n) is 2.62. The molecule has 0 radical (unpaired) electrons. The highest BCUT2D eigenvalue weighted by molar-refractivity contribution is 6.33. The van der Waals surface area contributed by atoms with Crippen molar-refractivity contribution in [1.82, 2.24) is 10.2 Å². The van der Waals surface area contributed by atoms with Gasteiger partial charge in [0.05, 0.1) is 10.6 Å². The Balaban J connectivity index is 2.03. The molecule has 4 nitrogen and oxygen atoms in total. The molecule has 19 heavy (non-hydrogen) atoms. The second-order valence-corrected chi connectivity index (χ2v) is 4.35. The third kappa shape index (κ3) is 2.30. The van der Waals surface area contributed by atoms with Crippen molar-refractivity contribution in [1.29, 1.82) is 0 Å². The maximum atomic E-state index is 9.43. The highest BCUT2D eigenvalue weighted by atomic mass is 35.5. The summed E-state index contributed by atoms with van der Waals surface area (Å²) in [6, 6.07) is 13.9. The summed E-state index contributed by atoms with van der Waals surface area (Å²) in [6.45, 7) is 0. The summed E-state index contributed by atoms with van der Waals surface area (Å²) in [5.41, 5.74) is 1.34. The van der Waals surface area contributed by atoms with Gasteiger partial charge >= 0.3 is 0 Å². The van der Waals surface area contributed by atoms with Crippen LogP contribution in [0.15, 0.2) is 52.9 Å². The van der Waals surface area contributed by atoms with Crippen molar-refractivity contribution in [2.24, 2.45) is 0 Å². The molecule has 0 aliphatic heterocycles. The first-order valence-corrected chi connectivity index (χ1v) is 5.99. The summed E-state index contributed by atoms with van der Waals surface area (Å²) in [4.78, 5) is 0. The Morgan fingerprint density at radius 2 is 1.74 bits per heavy atom. The fourth-order valence-electron chi connectivity index (χ4n) is 1.72. The number of aromatic nitrogens is 2. The van der Waals surface area contributed by atoms with Gasteiger partial charge in [-0.3, -0.25) is 0 Å². The molecule has 5 heteroatoms. The largest absolute Gasteiger partial charge is 0.508 e. The van der Waals surface area contributed by atoms with E-state index in [4.69, 9.17) is 16.0 Å². The minimum atomic E-state index is 0.148. The van der Waals surface area contributed by atoms with Crippen LogP contribution in [0.1, 0.15) is 0 Å². The molecule has 3 rings (SSSR count). The Morgan fingerprint density at radius 3 is 2.53 bits per heavy atom. The van der Waals surface area contributed by atoms with Crippen molar-refractivity contribution >= 4 is 11.6 Å². The van der Waals surface area contributed by atoms with Gasteiger partial charge in [0.15, 0.2) is 0 Å². The summed E-state index contributed by atoms with van der Waals surface area (Å²) < 4.78 is 5.57. The lowest BCUT2D eigenvalue weighted by Crippen LogP contribution is -1.78. The van der Waals surface area contributed by atoms with E-state index in [1.165, 1.54) is 0 Å². The maximum absolute atomic E-state index is 9.43. The molecule has 0 bridgehead atoms. The molecule has 0 spiro atoms. The standard InChI is InChI=1S/C14H9ClN2O2/c15-12-7-2-1-6-11(12)14-17-16-13(19-14)9-4-3-5-10(18)8-9/h1-8,18H. The summed E-state index contributed by atoms with van der Waals surface area (Å²) in [7, 11) is 0. The van der Waals surface area contributed by atoms with Crippen LogP contribution in [0.3, 0.4) is 0 Å². The van der Waals surface area contributed by atoms with Crippen molar-refractivity contribution in [2.75, 3.05) is 0 Å². The lowest BCUT2D eigenvalue weighted by Gasteiger charge is -1.97. The topological polar surface area (TPSA) is 59.2 Å². The van der Waals surface area contributed by atoms with Crippen LogP contribution in [0.4, 0.5) is 0 Å². The normalized spacial score (nSPS) is 10.6. The zero-order valence-electron chi connectivity index (χ0n) is 9.75. The molecule has 0 saturated carbocycles. The van der Waals surface area contributed by atoms with E-state index >= 15 is 0 Å². The van der Waals surface area contributed by atoms with Gasteiger partial charge in [-0.05, 0) is 30.3 Å². The Morgan fingerprint density at radius 1 is 0.947 bits per heavy atom. The highest BCUT2D eigenvalue weighted by Gasteiger charge is 2.12. The van der Waals surface area contributed by atoms with Gasteiger partial charge in [0, 0.05) is 5.56 Å². The molecule has 2 aromatic carbocycles.